The summed E-state index contributed by atoms with van der Waals surface area (Å²) in [5.74, 6) is 1.42. The van der Waals surface area contributed by atoms with Crippen molar-refractivity contribution < 1.29 is 9.53 Å². The van der Waals surface area contributed by atoms with E-state index in [0.29, 0.717) is 23.9 Å². The van der Waals surface area contributed by atoms with Crippen molar-refractivity contribution >= 4 is 17.2 Å². The highest BCUT2D eigenvalue weighted by atomic mass is 16.5. The number of nitrogens with one attached hydrogen (secondary N) is 1. The maximum atomic E-state index is 12.2. The summed E-state index contributed by atoms with van der Waals surface area (Å²) in [4.78, 5) is 12.2. The number of pyridine rings is 1. The third-order valence-corrected chi connectivity index (χ3v) is 4.41. The van der Waals surface area contributed by atoms with Gasteiger partial charge in [-0.3, -0.25) is 9.20 Å². The number of nitrogens with zero attached hydrogens (tertiary/aromatic N) is 3. The smallest absolute Gasteiger partial charge is 0.253 e. The summed E-state index contributed by atoms with van der Waals surface area (Å²) in [7, 11) is 0. The second-order valence-corrected chi connectivity index (χ2v) is 5.79. The van der Waals surface area contributed by atoms with Gasteiger partial charge in [-0.2, -0.15) is 0 Å². The molecule has 1 aliphatic carbocycles. The van der Waals surface area contributed by atoms with E-state index in [0.717, 1.165) is 18.7 Å². The van der Waals surface area contributed by atoms with E-state index in [1.54, 1.807) is 0 Å². The maximum absolute atomic E-state index is 12.2. The van der Waals surface area contributed by atoms with Gasteiger partial charge in [-0.05, 0) is 37.8 Å². The van der Waals surface area contributed by atoms with E-state index < -0.39 is 0 Å². The van der Waals surface area contributed by atoms with Crippen LogP contribution in [0.15, 0.2) is 18.3 Å². The highest BCUT2D eigenvalue weighted by molar-refractivity contribution is 5.97. The molecule has 1 N–H and O–H groups in total. The Morgan fingerprint density at radius 3 is 2.90 bits per heavy atom. The molecule has 6 nitrogen and oxygen atoms in total. The number of carbonyl (C=O) groups is 1. The van der Waals surface area contributed by atoms with Crippen LogP contribution in [0.4, 0.5) is 5.69 Å². The fourth-order valence-electron chi connectivity index (χ4n) is 2.97. The van der Waals surface area contributed by atoms with Gasteiger partial charge < -0.3 is 10.1 Å². The van der Waals surface area contributed by atoms with Gasteiger partial charge >= 0.3 is 0 Å². The number of fused-ring (bicyclic) bond motifs is 1. The average Bonchev–Trinajstić information content (AvgIpc) is 3.07. The van der Waals surface area contributed by atoms with E-state index in [2.05, 4.69) is 15.5 Å². The van der Waals surface area contributed by atoms with Crippen molar-refractivity contribution in [2.75, 3.05) is 11.9 Å². The van der Waals surface area contributed by atoms with E-state index in [-0.39, 0.29) is 12.0 Å². The Labute approximate surface area is 122 Å². The topological polar surface area (TPSA) is 68.5 Å². The van der Waals surface area contributed by atoms with Gasteiger partial charge in [0.25, 0.3) is 5.91 Å². The van der Waals surface area contributed by atoms with Gasteiger partial charge in [0.15, 0.2) is 5.65 Å². The molecule has 0 spiro atoms. The van der Waals surface area contributed by atoms with Crippen molar-refractivity contribution in [3.05, 3.63) is 24.2 Å². The lowest BCUT2D eigenvalue weighted by Crippen LogP contribution is -2.27. The van der Waals surface area contributed by atoms with Crippen molar-refractivity contribution in [3.8, 4) is 0 Å². The zero-order valence-corrected chi connectivity index (χ0v) is 11.8. The van der Waals surface area contributed by atoms with Gasteiger partial charge in [-0.1, -0.05) is 6.42 Å². The number of carbonyl (C=O) groups excluding carboxylic acids is 1. The fourth-order valence-corrected chi connectivity index (χ4v) is 2.97. The first-order valence-electron chi connectivity index (χ1n) is 7.59. The lowest BCUT2D eigenvalue weighted by molar-refractivity contribution is -0.124. The molecule has 2 fully saturated rings. The van der Waals surface area contributed by atoms with Crippen LogP contribution >= 0.6 is 0 Å². The molecular weight excluding hydrogens is 268 g/mol. The van der Waals surface area contributed by atoms with Crippen LogP contribution in [0.1, 0.15) is 43.8 Å². The largest absolute Gasteiger partial charge is 0.368 e. The molecule has 1 saturated carbocycles. The predicted octanol–water partition coefficient (Wildman–Crippen LogP) is 2.11. The first kappa shape index (κ1) is 12.8. The molecule has 1 saturated heterocycles. The molecule has 2 aliphatic rings. The first-order chi connectivity index (χ1) is 10.3. The van der Waals surface area contributed by atoms with Crippen LogP contribution in [0.25, 0.3) is 5.65 Å². The molecule has 2 aromatic rings. The highest BCUT2D eigenvalue weighted by Gasteiger charge is 2.27. The van der Waals surface area contributed by atoms with Gasteiger partial charge in [0.1, 0.15) is 11.9 Å². The Balaban J connectivity index is 1.62. The summed E-state index contributed by atoms with van der Waals surface area (Å²) in [6.07, 6.45) is 6.97. The molecule has 1 atom stereocenters. The molecule has 0 aromatic carbocycles. The molecule has 6 heteroatoms. The van der Waals surface area contributed by atoms with E-state index in [9.17, 15) is 4.79 Å². The number of anilines is 1. The van der Waals surface area contributed by atoms with E-state index in [1.165, 1.54) is 19.3 Å². The van der Waals surface area contributed by atoms with Crippen LogP contribution in [0.2, 0.25) is 0 Å². The van der Waals surface area contributed by atoms with Crippen molar-refractivity contribution in [2.45, 2.75) is 44.1 Å². The van der Waals surface area contributed by atoms with Crippen LogP contribution in [0.5, 0.6) is 0 Å². The Hall–Kier alpha value is -1.95. The van der Waals surface area contributed by atoms with Crippen LogP contribution in [0, 0.1) is 0 Å². The molecule has 0 unspecified atom stereocenters. The SMILES string of the molecule is O=C(Nc1cccn2c(C3CCC3)nnc12)[C@H]1CCCO1. The lowest BCUT2D eigenvalue weighted by atomic mass is 9.85. The molecule has 110 valence electrons. The summed E-state index contributed by atoms with van der Waals surface area (Å²) < 4.78 is 7.41. The standard InChI is InChI=1S/C15H18N4O2/c20-15(12-7-3-9-21-12)16-11-6-2-8-19-13(10-4-1-5-10)17-18-14(11)19/h2,6,8,10,12H,1,3-5,7,9H2,(H,16,20)/t12-/m1/s1. The maximum Gasteiger partial charge on any atom is 0.253 e. The quantitative estimate of drug-likeness (QED) is 0.938. The molecule has 0 radical (unpaired) electrons. The fraction of sp³-hybridized carbons (Fsp3) is 0.533. The van der Waals surface area contributed by atoms with Crippen LogP contribution < -0.4 is 5.32 Å². The Morgan fingerprint density at radius 1 is 1.29 bits per heavy atom. The minimum atomic E-state index is -0.334. The van der Waals surface area contributed by atoms with Crippen LogP contribution in [-0.2, 0) is 9.53 Å². The van der Waals surface area contributed by atoms with Crippen molar-refractivity contribution in [1.29, 1.82) is 0 Å². The second kappa shape index (κ2) is 5.11. The molecule has 2 aromatic heterocycles. The molecule has 0 bridgehead atoms. The van der Waals surface area contributed by atoms with E-state index >= 15 is 0 Å². The van der Waals surface area contributed by atoms with Gasteiger partial charge in [-0.15, -0.1) is 10.2 Å². The molecule has 1 amide bonds. The third-order valence-electron chi connectivity index (χ3n) is 4.41. The van der Waals surface area contributed by atoms with Gasteiger partial charge in [0.2, 0.25) is 0 Å². The van der Waals surface area contributed by atoms with E-state index in [4.69, 9.17) is 4.74 Å². The van der Waals surface area contributed by atoms with Gasteiger partial charge in [-0.25, -0.2) is 0 Å². The summed E-state index contributed by atoms with van der Waals surface area (Å²) in [6.45, 7) is 0.666. The predicted molar refractivity (Wildman–Crippen MR) is 77.2 cm³/mol. The number of hydrogen-bond acceptors (Lipinski definition) is 4. The second-order valence-electron chi connectivity index (χ2n) is 5.79. The number of ether oxygens (including phenoxy) is 1. The average molecular weight is 286 g/mol. The zero-order chi connectivity index (χ0) is 14.2. The third kappa shape index (κ3) is 2.19. The molecule has 1 aliphatic heterocycles. The Kier molecular flexibility index (Phi) is 3.11. The van der Waals surface area contributed by atoms with Gasteiger partial charge in [0.05, 0.1) is 5.69 Å². The van der Waals surface area contributed by atoms with Crippen LogP contribution in [-0.4, -0.2) is 33.2 Å². The molecule has 4 rings (SSSR count). The number of rotatable bonds is 3. The number of aromatic nitrogens is 3. The minimum absolute atomic E-state index is 0.0891. The summed E-state index contributed by atoms with van der Waals surface area (Å²) in [5, 5.41) is 11.5. The lowest BCUT2D eigenvalue weighted by Gasteiger charge is -2.23. The first-order valence-corrected chi connectivity index (χ1v) is 7.59. The molecular formula is C15H18N4O2. The number of hydrogen-bond donors (Lipinski definition) is 1. The van der Waals surface area contributed by atoms with Crippen molar-refractivity contribution in [3.63, 3.8) is 0 Å². The minimum Gasteiger partial charge on any atom is -0.368 e. The normalized spacial score (nSPS) is 22.4. The molecule has 21 heavy (non-hydrogen) atoms. The summed E-state index contributed by atoms with van der Waals surface area (Å²) in [5.41, 5.74) is 1.42. The van der Waals surface area contributed by atoms with Crippen LogP contribution in [0.3, 0.4) is 0 Å². The molecule has 3 heterocycles. The zero-order valence-electron chi connectivity index (χ0n) is 11.8. The van der Waals surface area contributed by atoms with E-state index in [1.807, 2.05) is 22.7 Å². The Bertz CT molecular complexity index is 671. The number of amides is 1. The van der Waals surface area contributed by atoms with Gasteiger partial charge in [0, 0.05) is 18.7 Å². The monoisotopic (exact) mass is 286 g/mol. The Morgan fingerprint density at radius 2 is 2.19 bits per heavy atom. The van der Waals surface area contributed by atoms with Crippen molar-refractivity contribution in [2.24, 2.45) is 0 Å². The van der Waals surface area contributed by atoms with Crippen molar-refractivity contribution in [1.82, 2.24) is 14.6 Å². The highest BCUT2D eigenvalue weighted by Crippen LogP contribution is 2.35. The summed E-state index contributed by atoms with van der Waals surface area (Å²) in [6, 6.07) is 3.78. The summed E-state index contributed by atoms with van der Waals surface area (Å²) >= 11 is 0.